The van der Waals surface area contributed by atoms with E-state index in [-0.39, 0.29) is 17.2 Å². The molecule has 1 aliphatic rings. The Kier molecular flexibility index (Phi) is 4.31. The van der Waals surface area contributed by atoms with Crippen molar-refractivity contribution in [3.8, 4) is 0 Å². The summed E-state index contributed by atoms with van der Waals surface area (Å²) in [5.41, 5.74) is 0. The standard InChI is InChI=1S/C11H12F3NO4S2/c12-11(13,14)7-3-1-5-15(9(7)10(16)17)21(18,19)8-4-2-6-20-8/h2,4,6-7,9H,1,3,5H2,(H,16,17)/t7-,9+/m1/s1. The van der Waals surface area contributed by atoms with Gasteiger partial charge in [-0.15, -0.1) is 11.3 Å². The van der Waals surface area contributed by atoms with E-state index in [1.54, 1.807) is 0 Å². The minimum Gasteiger partial charge on any atom is -0.480 e. The first-order valence-electron chi connectivity index (χ1n) is 6.00. The van der Waals surface area contributed by atoms with Gasteiger partial charge < -0.3 is 5.11 Å². The fourth-order valence-electron chi connectivity index (χ4n) is 2.40. The summed E-state index contributed by atoms with van der Waals surface area (Å²) in [5, 5.41) is 10.6. The van der Waals surface area contributed by atoms with Crippen LogP contribution in [0.2, 0.25) is 0 Å². The van der Waals surface area contributed by atoms with Crippen molar-refractivity contribution in [3.63, 3.8) is 0 Å². The maximum atomic E-state index is 13.0. The van der Waals surface area contributed by atoms with Gasteiger partial charge in [-0.1, -0.05) is 6.07 Å². The lowest BCUT2D eigenvalue weighted by Crippen LogP contribution is -2.56. The zero-order valence-corrected chi connectivity index (χ0v) is 12.2. The predicted molar refractivity (Wildman–Crippen MR) is 68.4 cm³/mol. The zero-order valence-electron chi connectivity index (χ0n) is 10.6. The molecular weight excluding hydrogens is 331 g/mol. The average Bonchev–Trinajstić information content (AvgIpc) is 2.91. The number of hydrogen-bond acceptors (Lipinski definition) is 4. The molecule has 1 aromatic heterocycles. The fraction of sp³-hybridized carbons (Fsp3) is 0.545. The zero-order chi connectivity index (χ0) is 15.8. The van der Waals surface area contributed by atoms with Gasteiger partial charge in [-0.25, -0.2) is 8.42 Å². The first kappa shape index (κ1) is 16.2. The van der Waals surface area contributed by atoms with E-state index in [0.29, 0.717) is 4.31 Å². The minimum atomic E-state index is -4.76. The van der Waals surface area contributed by atoms with Crippen molar-refractivity contribution in [3.05, 3.63) is 17.5 Å². The number of carboxylic acids is 1. The summed E-state index contributed by atoms with van der Waals surface area (Å²) < 4.78 is 63.9. The van der Waals surface area contributed by atoms with Crippen molar-refractivity contribution in [1.29, 1.82) is 0 Å². The van der Waals surface area contributed by atoms with E-state index in [9.17, 15) is 26.4 Å². The Morgan fingerprint density at radius 1 is 1.43 bits per heavy atom. The Balaban J connectivity index is 2.44. The summed E-state index contributed by atoms with van der Waals surface area (Å²) >= 11 is 0.842. The Hall–Kier alpha value is -1.13. The van der Waals surface area contributed by atoms with Crippen molar-refractivity contribution >= 4 is 27.3 Å². The molecule has 2 heterocycles. The summed E-state index contributed by atoms with van der Waals surface area (Å²) in [6.45, 7) is -0.232. The maximum Gasteiger partial charge on any atom is 0.393 e. The molecule has 10 heteroatoms. The number of carbonyl (C=O) groups is 1. The van der Waals surface area contributed by atoms with Crippen LogP contribution in [-0.4, -0.2) is 42.6 Å². The van der Waals surface area contributed by atoms with Gasteiger partial charge in [-0.05, 0) is 24.3 Å². The molecular formula is C11H12F3NO4S2. The highest BCUT2D eigenvalue weighted by atomic mass is 32.2. The number of nitrogens with zero attached hydrogens (tertiary/aromatic N) is 1. The summed E-state index contributed by atoms with van der Waals surface area (Å²) in [6, 6.07) is 0.570. The van der Waals surface area contributed by atoms with E-state index in [2.05, 4.69) is 0 Å². The number of piperidine rings is 1. The topological polar surface area (TPSA) is 74.7 Å². The molecule has 0 spiro atoms. The molecule has 1 saturated heterocycles. The summed E-state index contributed by atoms with van der Waals surface area (Å²) in [6.07, 6.45) is -5.18. The number of alkyl halides is 3. The molecule has 0 aliphatic carbocycles. The quantitative estimate of drug-likeness (QED) is 0.913. The first-order valence-corrected chi connectivity index (χ1v) is 8.32. The van der Waals surface area contributed by atoms with E-state index in [1.807, 2.05) is 0 Å². The van der Waals surface area contributed by atoms with Gasteiger partial charge in [0.05, 0.1) is 5.92 Å². The summed E-state index contributed by atoms with van der Waals surface area (Å²) in [5.74, 6) is -3.98. The van der Waals surface area contributed by atoms with E-state index in [1.165, 1.54) is 17.5 Å². The highest BCUT2D eigenvalue weighted by Gasteiger charge is 2.54. The number of sulfonamides is 1. The predicted octanol–water partition coefficient (Wildman–Crippen LogP) is 2.16. The number of thiophene rings is 1. The SMILES string of the molecule is O=C(O)[C@@H]1[C@H](C(F)(F)F)CCCN1S(=O)(=O)c1cccs1. The monoisotopic (exact) mass is 343 g/mol. The molecule has 0 unspecified atom stereocenters. The molecule has 1 N–H and O–H groups in total. The van der Waals surface area contributed by atoms with Gasteiger partial charge in [0.15, 0.2) is 0 Å². The van der Waals surface area contributed by atoms with Crippen molar-refractivity contribution in [1.82, 2.24) is 4.31 Å². The van der Waals surface area contributed by atoms with Gasteiger partial charge in [0, 0.05) is 6.54 Å². The van der Waals surface area contributed by atoms with Crippen LogP contribution in [0, 0.1) is 5.92 Å². The van der Waals surface area contributed by atoms with Crippen LogP contribution in [0.1, 0.15) is 12.8 Å². The number of halogens is 3. The lowest BCUT2D eigenvalue weighted by atomic mass is 9.90. The van der Waals surface area contributed by atoms with Gasteiger partial charge in [0.1, 0.15) is 10.3 Å². The van der Waals surface area contributed by atoms with Crippen LogP contribution in [0.4, 0.5) is 13.2 Å². The van der Waals surface area contributed by atoms with Gasteiger partial charge in [-0.3, -0.25) is 4.79 Å². The summed E-state index contributed by atoms with van der Waals surface area (Å²) in [4.78, 5) is 11.2. The van der Waals surface area contributed by atoms with Crippen LogP contribution in [0.25, 0.3) is 0 Å². The molecule has 2 rings (SSSR count). The number of carboxylic acid groups (broad SMARTS) is 1. The highest BCUT2D eigenvalue weighted by Crippen LogP contribution is 2.40. The second-order valence-corrected chi connectivity index (χ2v) is 7.69. The van der Waals surface area contributed by atoms with Crippen LogP contribution in [0.3, 0.4) is 0 Å². The van der Waals surface area contributed by atoms with Crippen molar-refractivity contribution in [2.24, 2.45) is 5.92 Å². The van der Waals surface area contributed by atoms with Crippen molar-refractivity contribution in [2.45, 2.75) is 29.3 Å². The fourth-order valence-corrected chi connectivity index (χ4v) is 5.17. The second kappa shape index (κ2) is 5.58. The third-order valence-electron chi connectivity index (χ3n) is 3.32. The van der Waals surface area contributed by atoms with Crippen LogP contribution >= 0.6 is 11.3 Å². The van der Waals surface area contributed by atoms with E-state index in [0.717, 1.165) is 11.3 Å². The number of aliphatic carboxylic acids is 1. The van der Waals surface area contributed by atoms with Gasteiger partial charge >= 0.3 is 12.1 Å². The van der Waals surface area contributed by atoms with Gasteiger partial charge in [-0.2, -0.15) is 17.5 Å². The molecule has 21 heavy (non-hydrogen) atoms. The third kappa shape index (κ3) is 3.06. The number of rotatable bonds is 3. The van der Waals surface area contributed by atoms with Crippen molar-refractivity contribution < 1.29 is 31.5 Å². The van der Waals surface area contributed by atoms with Crippen molar-refractivity contribution in [2.75, 3.05) is 6.54 Å². The first-order chi connectivity index (χ1) is 9.65. The lowest BCUT2D eigenvalue weighted by Gasteiger charge is -2.38. The molecule has 1 aromatic rings. The largest absolute Gasteiger partial charge is 0.480 e. The van der Waals surface area contributed by atoms with E-state index < -0.39 is 40.5 Å². The van der Waals surface area contributed by atoms with Gasteiger partial charge in [0.2, 0.25) is 0 Å². The second-order valence-electron chi connectivity index (χ2n) is 4.62. The summed E-state index contributed by atoms with van der Waals surface area (Å²) in [7, 11) is -4.24. The lowest BCUT2D eigenvalue weighted by molar-refractivity contribution is -0.201. The van der Waals surface area contributed by atoms with Crippen LogP contribution in [0.15, 0.2) is 21.7 Å². The highest BCUT2D eigenvalue weighted by molar-refractivity contribution is 7.91. The molecule has 0 aromatic carbocycles. The molecule has 0 saturated carbocycles. The Labute approximate surface area is 123 Å². The Morgan fingerprint density at radius 2 is 2.10 bits per heavy atom. The van der Waals surface area contributed by atoms with E-state index in [4.69, 9.17) is 5.11 Å². The molecule has 5 nitrogen and oxygen atoms in total. The minimum absolute atomic E-state index is 0.0292. The molecule has 118 valence electrons. The van der Waals surface area contributed by atoms with Crippen LogP contribution in [0.5, 0.6) is 0 Å². The van der Waals surface area contributed by atoms with Crippen LogP contribution < -0.4 is 0 Å². The smallest absolute Gasteiger partial charge is 0.393 e. The Bertz CT molecular complexity index is 612. The van der Waals surface area contributed by atoms with Gasteiger partial charge in [0.25, 0.3) is 10.0 Å². The molecule has 2 atom stereocenters. The molecule has 0 bridgehead atoms. The number of hydrogen-bond donors (Lipinski definition) is 1. The Morgan fingerprint density at radius 3 is 2.57 bits per heavy atom. The maximum absolute atomic E-state index is 13.0. The third-order valence-corrected chi connectivity index (χ3v) is 6.57. The molecule has 0 radical (unpaired) electrons. The normalized spacial score (nSPS) is 24.9. The molecule has 1 aliphatic heterocycles. The molecule has 0 amide bonds. The average molecular weight is 343 g/mol. The molecule has 1 fully saturated rings. The van der Waals surface area contributed by atoms with E-state index >= 15 is 0 Å². The van der Waals surface area contributed by atoms with Crippen LogP contribution in [-0.2, 0) is 14.8 Å².